The molecule has 0 aromatic rings. The summed E-state index contributed by atoms with van der Waals surface area (Å²) in [5.41, 5.74) is 0. The molecule has 23 heavy (non-hydrogen) atoms. The lowest BCUT2D eigenvalue weighted by Crippen LogP contribution is -1.91. The number of rotatable bonds is 20. The summed E-state index contributed by atoms with van der Waals surface area (Å²) in [4.78, 5) is 0. The highest BCUT2D eigenvalue weighted by Gasteiger charge is 1.95. The van der Waals surface area contributed by atoms with Crippen molar-refractivity contribution in [2.75, 3.05) is 6.61 Å². The number of ether oxygens (including phenoxy) is 1. The zero-order chi connectivity index (χ0) is 16.8. The van der Waals surface area contributed by atoms with Gasteiger partial charge in [0.05, 0.1) is 6.61 Å². The van der Waals surface area contributed by atoms with Crippen LogP contribution >= 0.6 is 0 Å². The standard InChI is InChI=1S/C22H45O/c1-3-5-7-8-9-10-11-12-13-14-15-16-17-18-19-20-22-23-21-6-4-2/h22H,3-21H2,1-2H3. The summed E-state index contributed by atoms with van der Waals surface area (Å²) in [6.07, 6.45) is 25.1. The highest BCUT2D eigenvalue weighted by Crippen LogP contribution is 2.14. The van der Waals surface area contributed by atoms with E-state index < -0.39 is 0 Å². The largest absolute Gasteiger partial charge is 0.376 e. The molecule has 0 rings (SSSR count). The predicted octanol–water partition coefficient (Wildman–Crippen LogP) is 8.23. The van der Waals surface area contributed by atoms with Crippen molar-refractivity contribution in [1.82, 2.24) is 0 Å². The fourth-order valence-corrected chi connectivity index (χ4v) is 2.99. The van der Waals surface area contributed by atoms with Crippen LogP contribution in [0.15, 0.2) is 0 Å². The molecule has 0 heterocycles. The Balaban J connectivity index is 2.92. The molecule has 0 amide bonds. The molecule has 0 aliphatic rings. The first-order valence-electron chi connectivity index (χ1n) is 10.8. The molecule has 0 aliphatic heterocycles. The van der Waals surface area contributed by atoms with E-state index in [-0.39, 0.29) is 0 Å². The minimum Gasteiger partial charge on any atom is -0.376 e. The van der Waals surface area contributed by atoms with Crippen molar-refractivity contribution in [3.8, 4) is 0 Å². The van der Waals surface area contributed by atoms with Crippen LogP contribution in [0.25, 0.3) is 0 Å². The summed E-state index contributed by atoms with van der Waals surface area (Å²) in [5.74, 6) is 0. The van der Waals surface area contributed by atoms with Gasteiger partial charge in [-0.25, -0.2) is 0 Å². The molecule has 0 aromatic carbocycles. The van der Waals surface area contributed by atoms with Gasteiger partial charge in [-0.15, -0.1) is 0 Å². The van der Waals surface area contributed by atoms with E-state index in [1.165, 1.54) is 109 Å². The maximum Gasteiger partial charge on any atom is 0.0836 e. The van der Waals surface area contributed by atoms with E-state index >= 15 is 0 Å². The molecule has 1 nitrogen and oxygen atoms in total. The highest BCUT2D eigenvalue weighted by atomic mass is 16.5. The van der Waals surface area contributed by atoms with Crippen LogP contribution in [0.2, 0.25) is 0 Å². The molecule has 0 saturated carbocycles. The topological polar surface area (TPSA) is 9.23 Å². The Hall–Kier alpha value is -0.0400. The Bertz CT molecular complexity index is 170. The van der Waals surface area contributed by atoms with E-state index in [0.717, 1.165) is 13.0 Å². The molecule has 1 radical (unpaired) electrons. The maximum absolute atomic E-state index is 5.47. The average Bonchev–Trinajstić information content (AvgIpc) is 2.57. The van der Waals surface area contributed by atoms with Crippen LogP contribution in [-0.2, 0) is 4.74 Å². The lowest BCUT2D eigenvalue weighted by Gasteiger charge is -2.04. The van der Waals surface area contributed by atoms with Gasteiger partial charge in [0.1, 0.15) is 0 Å². The van der Waals surface area contributed by atoms with Crippen LogP contribution in [-0.4, -0.2) is 6.61 Å². The summed E-state index contributed by atoms with van der Waals surface area (Å²) in [5, 5.41) is 0. The Morgan fingerprint density at radius 2 is 0.870 bits per heavy atom. The van der Waals surface area contributed by atoms with Gasteiger partial charge in [-0.1, -0.05) is 117 Å². The maximum atomic E-state index is 5.47. The summed E-state index contributed by atoms with van der Waals surface area (Å²) < 4.78 is 5.47. The van der Waals surface area contributed by atoms with Gasteiger partial charge in [0, 0.05) is 6.61 Å². The lowest BCUT2D eigenvalue weighted by molar-refractivity contribution is 0.185. The third kappa shape index (κ3) is 22.0. The number of hydrogen-bond donors (Lipinski definition) is 0. The molecule has 0 N–H and O–H groups in total. The lowest BCUT2D eigenvalue weighted by atomic mass is 10.0. The molecular formula is C22H45O. The van der Waals surface area contributed by atoms with Gasteiger partial charge in [-0.3, -0.25) is 0 Å². The minimum atomic E-state index is 0.912. The van der Waals surface area contributed by atoms with Crippen LogP contribution in [0.4, 0.5) is 0 Å². The summed E-state index contributed by atoms with van der Waals surface area (Å²) in [6, 6.07) is 0. The second kappa shape index (κ2) is 22.0. The smallest absolute Gasteiger partial charge is 0.0836 e. The fourth-order valence-electron chi connectivity index (χ4n) is 2.99. The Morgan fingerprint density at radius 1 is 0.478 bits per heavy atom. The average molecular weight is 326 g/mol. The van der Waals surface area contributed by atoms with Gasteiger partial charge >= 0.3 is 0 Å². The van der Waals surface area contributed by atoms with E-state index in [0.29, 0.717) is 0 Å². The van der Waals surface area contributed by atoms with Gasteiger partial charge in [-0.05, 0) is 12.8 Å². The monoisotopic (exact) mass is 325 g/mol. The first kappa shape index (κ1) is 23.0. The second-order valence-corrected chi connectivity index (χ2v) is 7.13. The van der Waals surface area contributed by atoms with Gasteiger partial charge in [0.2, 0.25) is 0 Å². The quantitative estimate of drug-likeness (QED) is 0.205. The first-order valence-corrected chi connectivity index (χ1v) is 10.8. The van der Waals surface area contributed by atoms with Crippen LogP contribution in [0, 0.1) is 6.61 Å². The van der Waals surface area contributed by atoms with E-state index in [9.17, 15) is 0 Å². The Labute approximate surface area is 148 Å². The first-order chi connectivity index (χ1) is 11.4. The van der Waals surface area contributed by atoms with Crippen LogP contribution in [0.5, 0.6) is 0 Å². The SMILES string of the molecule is CCCCCCCCCCCCCCCCC[CH]OCCCC. The van der Waals surface area contributed by atoms with Crippen LogP contribution in [0.1, 0.15) is 129 Å². The minimum absolute atomic E-state index is 0.912. The van der Waals surface area contributed by atoms with Crippen molar-refractivity contribution in [1.29, 1.82) is 0 Å². The molecular weight excluding hydrogens is 280 g/mol. The second-order valence-electron chi connectivity index (χ2n) is 7.13. The molecule has 1 heteroatoms. The van der Waals surface area contributed by atoms with Gasteiger partial charge in [0.25, 0.3) is 0 Å². The third-order valence-electron chi connectivity index (χ3n) is 4.66. The normalized spacial score (nSPS) is 11.2. The molecule has 0 aliphatic carbocycles. The molecule has 0 unspecified atom stereocenters. The third-order valence-corrected chi connectivity index (χ3v) is 4.66. The van der Waals surface area contributed by atoms with Crippen molar-refractivity contribution in [3.05, 3.63) is 6.61 Å². The molecule has 0 atom stereocenters. The number of hydrogen-bond acceptors (Lipinski definition) is 1. The van der Waals surface area contributed by atoms with E-state index in [2.05, 4.69) is 13.8 Å². The molecule has 0 spiro atoms. The van der Waals surface area contributed by atoms with Crippen molar-refractivity contribution in [2.45, 2.75) is 129 Å². The summed E-state index contributed by atoms with van der Waals surface area (Å²) in [6.45, 7) is 7.44. The molecule has 0 aromatic heterocycles. The number of unbranched alkanes of at least 4 members (excludes halogenated alkanes) is 16. The van der Waals surface area contributed by atoms with Crippen molar-refractivity contribution >= 4 is 0 Å². The molecule has 139 valence electrons. The van der Waals surface area contributed by atoms with Gasteiger partial charge in [-0.2, -0.15) is 0 Å². The Morgan fingerprint density at radius 3 is 1.30 bits per heavy atom. The zero-order valence-electron chi connectivity index (χ0n) is 16.4. The van der Waals surface area contributed by atoms with Crippen LogP contribution in [0.3, 0.4) is 0 Å². The van der Waals surface area contributed by atoms with E-state index in [4.69, 9.17) is 4.74 Å². The molecule has 0 bridgehead atoms. The van der Waals surface area contributed by atoms with Crippen molar-refractivity contribution < 1.29 is 4.74 Å². The van der Waals surface area contributed by atoms with Crippen molar-refractivity contribution in [2.24, 2.45) is 0 Å². The highest BCUT2D eigenvalue weighted by molar-refractivity contribution is 4.53. The molecule has 0 saturated heterocycles. The predicted molar refractivity (Wildman–Crippen MR) is 105 cm³/mol. The van der Waals surface area contributed by atoms with E-state index in [1.807, 2.05) is 6.61 Å². The van der Waals surface area contributed by atoms with Gasteiger partial charge < -0.3 is 4.74 Å². The zero-order valence-corrected chi connectivity index (χ0v) is 16.4. The molecule has 0 fully saturated rings. The van der Waals surface area contributed by atoms with Crippen LogP contribution < -0.4 is 0 Å². The fraction of sp³-hybridized carbons (Fsp3) is 0.955. The van der Waals surface area contributed by atoms with Crippen molar-refractivity contribution in [3.63, 3.8) is 0 Å². The summed E-state index contributed by atoms with van der Waals surface area (Å²) in [7, 11) is 0. The Kier molecular flexibility index (Phi) is 21.9. The van der Waals surface area contributed by atoms with Gasteiger partial charge in [0.15, 0.2) is 0 Å². The van der Waals surface area contributed by atoms with E-state index in [1.54, 1.807) is 0 Å². The summed E-state index contributed by atoms with van der Waals surface area (Å²) >= 11 is 0.